The number of nitrogens with two attached hydrogens (primary N) is 1. The minimum absolute atomic E-state index is 0.0586. The van der Waals surface area contributed by atoms with E-state index in [0.717, 1.165) is 32.5 Å². The lowest BCUT2D eigenvalue weighted by Crippen LogP contribution is -2.45. The molecule has 86 valence electrons. The SMILES string of the molecule is CN1CCC(NC(=O)N2CC[C@@H](N)C2)C1. The molecule has 2 saturated heterocycles. The normalized spacial score (nSPS) is 32.3. The van der Waals surface area contributed by atoms with E-state index in [4.69, 9.17) is 5.73 Å². The summed E-state index contributed by atoms with van der Waals surface area (Å²) in [6.45, 7) is 3.54. The molecule has 2 rings (SSSR count). The van der Waals surface area contributed by atoms with Crippen LogP contribution in [-0.4, -0.2) is 61.1 Å². The van der Waals surface area contributed by atoms with Gasteiger partial charge in [-0.1, -0.05) is 0 Å². The molecular weight excluding hydrogens is 192 g/mol. The van der Waals surface area contributed by atoms with Crippen LogP contribution in [0.4, 0.5) is 4.79 Å². The molecular formula is C10H20N4O. The maximum Gasteiger partial charge on any atom is 0.317 e. The van der Waals surface area contributed by atoms with Gasteiger partial charge in [0.05, 0.1) is 0 Å². The molecule has 0 aromatic carbocycles. The Kier molecular flexibility index (Phi) is 3.11. The quantitative estimate of drug-likeness (QED) is 0.612. The molecule has 0 bridgehead atoms. The van der Waals surface area contributed by atoms with E-state index in [1.54, 1.807) is 0 Å². The fourth-order valence-electron chi connectivity index (χ4n) is 2.29. The van der Waals surface area contributed by atoms with Crippen molar-refractivity contribution in [1.29, 1.82) is 0 Å². The number of amides is 2. The first-order valence-electron chi connectivity index (χ1n) is 5.64. The fourth-order valence-corrected chi connectivity index (χ4v) is 2.29. The summed E-state index contributed by atoms with van der Waals surface area (Å²) in [4.78, 5) is 15.9. The molecule has 0 radical (unpaired) electrons. The number of likely N-dealkylation sites (N-methyl/N-ethyl adjacent to an activating group) is 1. The van der Waals surface area contributed by atoms with Gasteiger partial charge in [0.1, 0.15) is 0 Å². The Morgan fingerprint density at radius 3 is 2.67 bits per heavy atom. The summed E-state index contributed by atoms with van der Waals surface area (Å²) in [5.41, 5.74) is 5.76. The molecule has 15 heavy (non-hydrogen) atoms. The van der Waals surface area contributed by atoms with E-state index >= 15 is 0 Å². The van der Waals surface area contributed by atoms with Crippen LogP contribution in [0.2, 0.25) is 0 Å². The third kappa shape index (κ3) is 2.60. The molecule has 3 N–H and O–H groups in total. The third-order valence-electron chi connectivity index (χ3n) is 3.23. The van der Waals surface area contributed by atoms with Gasteiger partial charge in [0.2, 0.25) is 0 Å². The van der Waals surface area contributed by atoms with Gasteiger partial charge >= 0.3 is 6.03 Å². The van der Waals surface area contributed by atoms with Gasteiger partial charge in [-0.25, -0.2) is 4.79 Å². The van der Waals surface area contributed by atoms with E-state index in [-0.39, 0.29) is 12.1 Å². The van der Waals surface area contributed by atoms with Gasteiger partial charge in [-0.3, -0.25) is 0 Å². The number of likely N-dealkylation sites (tertiary alicyclic amines) is 2. The minimum Gasteiger partial charge on any atom is -0.334 e. The van der Waals surface area contributed by atoms with Crippen molar-refractivity contribution >= 4 is 6.03 Å². The molecule has 2 atom stereocenters. The first-order valence-corrected chi connectivity index (χ1v) is 5.64. The highest BCUT2D eigenvalue weighted by Gasteiger charge is 2.27. The summed E-state index contributed by atoms with van der Waals surface area (Å²) in [5.74, 6) is 0. The van der Waals surface area contributed by atoms with Crippen LogP contribution in [0.5, 0.6) is 0 Å². The summed E-state index contributed by atoms with van der Waals surface area (Å²) < 4.78 is 0. The summed E-state index contributed by atoms with van der Waals surface area (Å²) >= 11 is 0. The Morgan fingerprint density at radius 1 is 1.33 bits per heavy atom. The predicted octanol–water partition coefficient (Wildman–Crippen LogP) is -0.567. The van der Waals surface area contributed by atoms with Gasteiger partial charge in [0, 0.05) is 31.7 Å². The molecule has 1 unspecified atom stereocenters. The van der Waals surface area contributed by atoms with Crippen LogP contribution >= 0.6 is 0 Å². The largest absolute Gasteiger partial charge is 0.334 e. The van der Waals surface area contributed by atoms with E-state index in [1.807, 2.05) is 4.90 Å². The summed E-state index contributed by atoms with van der Waals surface area (Å²) in [6, 6.07) is 0.546. The molecule has 0 aliphatic carbocycles. The zero-order valence-electron chi connectivity index (χ0n) is 9.28. The lowest BCUT2D eigenvalue weighted by Gasteiger charge is -2.20. The molecule has 2 heterocycles. The topological polar surface area (TPSA) is 61.6 Å². The molecule has 0 aromatic heterocycles. The fraction of sp³-hybridized carbons (Fsp3) is 0.900. The maximum absolute atomic E-state index is 11.8. The van der Waals surface area contributed by atoms with Gasteiger partial charge < -0.3 is 20.9 Å². The van der Waals surface area contributed by atoms with Crippen LogP contribution in [0.1, 0.15) is 12.8 Å². The van der Waals surface area contributed by atoms with Crippen molar-refractivity contribution in [1.82, 2.24) is 15.1 Å². The monoisotopic (exact) mass is 212 g/mol. The summed E-state index contributed by atoms with van der Waals surface area (Å²) in [7, 11) is 2.08. The van der Waals surface area contributed by atoms with Crippen LogP contribution in [0.15, 0.2) is 0 Å². The first kappa shape index (κ1) is 10.7. The Labute approximate surface area is 90.6 Å². The molecule has 2 fully saturated rings. The number of carbonyl (C=O) groups excluding carboxylic acids is 1. The molecule has 0 aromatic rings. The van der Waals surface area contributed by atoms with Crippen molar-refractivity contribution in [3.05, 3.63) is 0 Å². The number of carbonyl (C=O) groups is 1. The number of nitrogens with one attached hydrogen (secondary N) is 1. The van der Waals surface area contributed by atoms with Crippen LogP contribution in [-0.2, 0) is 0 Å². The van der Waals surface area contributed by atoms with Crippen LogP contribution < -0.4 is 11.1 Å². The third-order valence-corrected chi connectivity index (χ3v) is 3.23. The van der Waals surface area contributed by atoms with Crippen molar-refractivity contribution in [3.63, 3.8) is 0 Å². The number of rotatable bonds is 1. The van der Waals surface area contributed by atoms with E-state index in [9.17, 15) is 4.79 Å². The second-order valence-electron chi connectivity index (χ2n) is 4.69. The molecule has 5 nitrogen and oxygen atoms in total. The zero-order valence-corrected chi connectivity index (χ0v) is 9.28. The minimum atomic E-state index is 0.0586. The van der Waals surface area contributed by atoms with Gasteiger partial charge in [-0.2, -0.15) is 0 Å². The highest BCUT2D eigenvalue weighted by Crippen LogP contribution is 2.10. The molecule has 2 aliphatic heterocycles. The van der Waals surface area contributed by atoms with Crippen molar-refractivity contribution in [3.8, 4) is 0 Å². The predicted molar refractivity (Wildman–Crippen MR) is 58.6 cm³/mol. The van der Waals surface area contributed by atoms with Crippen molar-refractivity contribution in [2.24, 2.45) is 5.73 Å². The molecule has 5 heteroatoms. The van der Waals surface area contributed by atoms with Gasteiger partial charge in [-0.05, 0) is 26.4 Å². The molecule has 2 amide bonds. The Hall–Kier alpha value is -0.810. The smallest absolute Gasteiger partial charge is 0.317 e. The Bertz CT molecular complexity index is 246. The van der Waals surface area contributed by atoms with E-state index in [2.05, 4.69) is 17.3 Å². The van der Waals surface area contributed by atoms with E-state index in [0.29, 0.717) is 12.6 Å². The average molecular weight is 212 g/mol. The Morgan fingerprint density at radius 2 is 2.13 bits per heavy atom. The van der Waals surface area contributed by atoms with Crippen LogP contribution in [0.25, 0.3) is 0 Å². The Balaban J connectivity index is 1.77. The highest BCUT2D eigenvalue weighted by atomic mass is 16.2. The van der Waals surface area contributed by atoms with Crippen LogP contribution in [0.3, 0.4) is 0 Å². The van der Waals surface area contributed by atoms with Crippen molar-refractivity contribution in [2.75, 3.05) is 33.2 Å². The lowest BCUT2D eigenvalue weighted by atomic mass is 10.3. The van der Waals surface area contributed by atoms with Gasteiger partial charge in [-0.15, -0.1) is 0 Å². The first-order chi connectivity index (χ1) is 7.15. The average Bonchev–Trinajstić information content (AvgIpc) is 2.75. The van der Waals surface area contributed by atoms with Crippen molar-refractivity contribution < 1.29 is 4.79 Å². The zero-order chi connectivity index (χ0) is 10.8. The lowest BCUT2D eigenvalue weighted by molar-refractivity contribution is 0.204. The highest BCUT2D eigenvalue weighted by molar-refractivity contribution is 5.75. The number of urea groups is 1. The van der Waals surface area contributed by atoms with Gasteiger partial charge in [0.25, 0.3) is 0 Å². The van der Waals surface area contributed by atoms with E-state index in [1.165, 1.54) is 0 Å². The van der Waals surface area contributed by atoms with Crippen molar-refractivity contribution in [2.45, 2.75) is 24.9 Å². The second-order valence-corrected chi connectivity index (χ2v) is 4.69. The molecule has 0 saturated carbocycles. The standard InChI is InChI=1S/C10H20N4O/c1-13-4-3-9(7-13)12-10(15)14-5-2-8(11)6-14/h8-9H,2-7,11H2,1H3,(H,12,15)/t8-,9?/m1/s1. The van der Waals surface area contributed by atoms with Gasteiger partial charge in [0.15, 0.2) is 0 Å². The number of hydrogen-bond acceptors (Lipinski definition) is 3. The number of hydrogen-bond donors (Lipinski definition) is 2. The van der Waals surface area contributed by atoms with E-state index < -0.39 is 0 Å². The number of nitrogens with zero attached hydrogens (tertiary/aromatic N) is 2. The molecule has 2 aliphatic rings. The second kappa shape index (κ2) is 4.37. The summed E-state index contributed by atoms with van der Waals surface area (Å²) in [6.07, 6.45) is 1.99. The molecule has 0 spiro atoms. The summed E-state index contributed by atoms with van der Waals surface area (Å²) in [5, 5.41) is 3.06. The maximum atomic E-state index is 11.8. The van der Waals surface area contributed by atoms with Crippen LogP contribution in [0, 0.1) is 0 Å².